The lowest BCUT2D eigenvalue weighted by molar-refractivity contribution is -0.116. The lowest BCUT2D eigenvalue weighted by atomic mass is 9.96. The van der Waals surface area contributed by atoms with Gasteiger partial charge >= 0.3 is 0 Å². The molecule has 10 heteroatoms. The number of nitrogens with zero attached hydrogens (tertiary/aromatic N) is 3. The Hall–Kier alpha value is -3.46. The molecule has 0 unspecified atom stereocenters. The Balaban J connectivity index is 1.49. The summed E-state index contributed by atoms with van der Waals surface area (Å²) >= 11 is 18.5. The zero-order chi connectivity index (χ0) is 27.7. The minimum absolute atomic E-state index is 0.114. The summed E-state index contributed by atoms with van der Waals surface area (Å²) in [6, 6.07) is 18.9. The normalized spacial score (nSPS) is 16.8. The van der Waals surface area contributed by atoms with E-state index in [4.69, 9.17) is 35.4 Å². The van der Waals surface area contributed by atoms with E-state index in [1.165, 1.54) is 12.1 Å². The molecule has 0 saturated carbocycles. The maximum absolute atomic E-state index is 14.1. The maximum Gasteiger partial charge on any atom is 0.226 e. The minimum atomic E-state index is -0.481. The van der Waals surface area contributed by atoms with E-state index in [-0.39, 0.29) is 30.1 Å². The molecule has 2 atom stereocenters. The van der Waals surface area contributed by atoms with Crippen LogP contribution in [0.3, 0.4) is 0 Å². The van der Waals surface area contributed by atoms with Crippen molar-refractivity contribution in [2.45, 2.75) is 32.4 Å². The van der Waals surface area contributed by atoms with Gasteiger partial charge in [-0.2, -0.15) is 0 Å². The molecule has 1 fully saturated rings. The van der Waals surface area contributed by atoms with Crippen molar-refractivity contribution in [3.05, 3.63) is 111 Å². The lowest BCUT2D eigenvalue weighted by Crippen LogP contribution is -2.33. The molecule has 0 radical (unpaired) electrons. The van der Waals surface area contributed by atoms with Crippen LogP contribution >= 0.6 is 35.4 Å². The molecule has 1 aliphatic rings. The molecule has 5 rings (SSSR count). The average molecular weight is 583 g/mol. The standard InChI is InChI=1S/C29H26Cl2FN5OS/c1-17-15-20(18(2)37(17)25-11-10-19(30)16-21(25)31)28-27(24-9-5-6-13-33-24)35-29(39)36(28)14-12-26(38)34-23-8-4-3-7-22(23)32/h3-11,13,15-16,27-28H,12,14H2,1-2H3,(H,34,38)(H,35,39)/t27-,28-/m0/s1. The highest BCUT2D eigenvalue weighted by atomic mass is 35.5. The first-order valence-electron chi connectivity index (χ1n) is 12.4. The molecule has 2 aromatic heterocycles. The number of carbonyl (C=O) groups excluding carboxylic acids is 1. The Kier molecular flexibility index (Phi) is 7.88. The fourth-order valence-electron chi connectivity index (χ4n) is 5.10. The first-order valence-corrected chi connectivity index (χ1v) is 13.6. The molecule has 3 heterocycles. The smallest absolute Gasteiger partial charge is 0.226 e. The summed E-state index contributed by atoms with van der Waals surface area (Å²) < 4.78 is 16.2. The highest BCUT2D eigenvalue weighted by molar-refractivity contribution is 7.80. The van der Waals surface area contributed by atoms with Crippen molar-refractivity contribution in [2.24, 2.45) is 0 Å². The second kappa shape index (κ2) is 11.3. The van der Waals surface area contributed by atoms with E-state index in [0.717, 1.165) is 28.3 Å². The van der Waals surface area contributed by atoms with E-state index in [2.05, 4.69) is 26.3 Å². The molecule has 6 nitrogen and oxygen atoms in total. The van der Waals surface area contributed by atoms with E-state index >= 15 is 0 Å². The van der Waals surface area contributed by atoms with Gasteiger partial charge in [0, 0.05) is 35.6 Å². The summed E-state index contributed by atoms with van der Waals surface area (Å²) in [4.78, 5) is 19.4. The molecule has 0 bridgehead atoms. The van der Waals surface area contributed by atoms with Gasteiger partial charge < -0.3 is 20.1 Å². The topological polar surface area (TPSA) is 62.2 Å². The first-order chi connectivity index (χ1) is 18.7. The number of pyridine rings is 1. The highest BCUT2D eigenvalue weighted by Gasteiger charge is 2.41. The van der Waals surface area contributed by atoms with Crippen LogP contribution < -0.4 is 10.6 Å². The van der Waals surface area contributed by atoms with Crippen LogP contribution in [0.2, 0.25) is 10.0 Å². The molecular weight excluding hydrogens is 556 g/mol. The van der Waals surface area contributed by atoms with E-state index in [0.29, 0.717) is 21.7 Å². The van der Waals surface area contributed by atoms with Crippen molar-refractivity contribution in [2.75, 3.05) is 11.9 Å². The molecule has 2 aromatic carbocycles. The Labute approximate surface area is 241 Å². The number of rotatable bonds is 7. The Bertz CT molecular complexity index is 1540. The van der Waals surface area contributed by atoms with Gasteiger partial charge in [0.05, 0.1) is 34.2 Å². The summed E-state index contributed by atoms with van der Waals surface area (Å²) in [6.45, 7) is 4.38. The van der Waals surface area contributed by atoms with Gasteiger partial charge in [0.15, 0.2) is 5.11 Å². The third kappa shape index (κ3) is 5.50. The Morgan fingerprint density at radius 2 is 1.87 bits per heavy atom. The van der Waals surface area contributed by atoms with Gasteiger partial charge in [-0.3, -0.25) is 9.78 Å². The highest BCUT2D eigenvalue weighted by Crippen LogP contribution is 2.42. The predicted octanol–water partition coefficient (Wildman–Crippen LogP) is 6.94. The van der Waals surface area contributed by atoms with Gasteiger partial charge in [0.1, 0.15) is 5.82 Å². The largest absolute Gasteiger partial charge is 0.352 e. The number of carbonyl (C=O) groups is 1. The van der Waals surface area contributed by atoms with Crippen LogP contribution in [0.15, 0.2) is 72.9 Å². The van der Waals surface area contributed by atoms with Crippen molar-refractivity contribution in [1.29, 1.82) is 0 Å². The molecule has 0 spiro atoms. The molecule has 1 saturated heterocycles. The lowest BCUT2D eigenvalue weighted by Gasteiger charge is -2.28. The zero-order valence-corrected chi connectivity index (χ0v) is 23.6. The van der Waals surface area contributed by atoms with Gasteiger partial charge in [-0.1, -0.05) is 41.4 Å². The number of aryl methyl sites for hydroxylation is 1. The number of anilines is 1. The first kappa shape index (κ1) is 27.1. The number of amides is 1. The summed E-state index contributed by atoms with van der Waals surface area (Å²) in [7, 11) is 0. The molecular formula is C29H26Cl2FN5OS. The predicted molar refractivity (Wildman–Crippen MR) is 157 cm³/mol. The van der Waals surface area contributed by atoms with Crippen molar-refractivity contribution in [1.82, 2.24) is 19.8 Å². The maximum atomic E-state index is 14.1. The Morgan fingerprint density at radius 3 is 2.59 bits per heavy atom. The molecule has 200 valence electrons. The number of hydrogen-bond acceptors (Lipinski definition) is 3. The second-order valence-corrected chi connectivity index (χ2v) is 10.6. The second-order valence-electron chi connectivity index (χ2n) is 9.36. The van der Waals surface area contributed by atoms with Crippen LogP contribution in [0.1, 0.15) is 41.1 Å². The molecule has 2 N–H and O–H groups in total. The molecule has 4 aromatic rings. The van der Waals surface area contributed by atoms with Crippen molar-refractivity contribution < 1.29 is 9.18 Å². The molecule has 39 heavy (non-hydrogen) atoms. The van der Waals surface area contributed by atoms with Crippen molar-refractivity contribution in [3.63, 3.8) is 0 Å². The van der Waals surface area contributed by atoms with Gasteiger partial charge in [-0.25, -0.2) is 4.39 Å². The van der Waals surface area contributed by atoms with E-state index in [1.54, 1.807) is 24.4 Å². The van der Waals surface area contributed by atoms with Gasteiger partial charge in [0.2, 0.25) is 5.91 Å². The van der Waals surface area contributed by atoms with Crippen LogP contribution in [-0.2, 0) is 4.79 Å². The fraction of sp³-hybridized carbons (Fsp3) is 0.207. The summed E-state index contributed by atoms with van der Waals surface area (Å²) in [5.74, 6) is -0.785. The van der Waals surface area contributed by atoms with Crippen LogP contribution in [0.5, 0.6) is 0 Å². The van der Waals surface area contributed by atoms with Gasteiger partial charge in [0.25, 0.3) is 0 Å². The molecule has 1 amide bonds. The quantitative estimate of drug-likeness (QED) is 0.231. The van der Waals surface area contributed by atoms with Crippen molar-refractivity contribution in [3.8, 4) is 5.69 Å². The average Bonchev–Trinajstić information content (AvgIpc) is 3.39. The number of thiocarbonyl (C=S) groups is 1. The number of aromatic nitrogens is 2. The monoisotopic (exact) mass is 581 g/mol. The van der Waals surface area contributed by atoms with Gasteiger partial charge in [-0.15, -0.1) is 0 Å². The third-order valence-electron chi connectivity index (χ3n) is 6.87. The Morgan fingerprint density at radius 1 is 1.10 bits per heavy atom. The number of nitrogens with one attached hydrogen (secondary N) is 2. The van der Waals surface area contributed by atoms with Crippen molar-refractivity contribution >= 4 is 52.1 Å². The summed E-state index contributed by atoms with van der Waals surface area (Å²) in [5.41, 5.74) is 4.79. The van der Waals surface area contributed by atoms with E-state index < -0.39 is 5.82 Å². The van der Waals surface area contributed by atoms with E-state index in [9.17, 15) is 9.18 Å². The molecule has 0 aliphatic carbocycles. The van der Waals surface area contributed by atoms with Crippen LogP contribution in [-0.4, -0.2) is 32.0 Å². The van der Waals surface area contributed by atoms with Gasteiger partial charge in [-0.05, 0) is 80.2 Å². The molecule has 1 aliphatic heterocycles. The zero-order valence-electron chi connectivity index (χ0n) is 21.3. The summed E-state index contributed by atoms with van der Waals surface area (Å²) in [5, 5.41) is 7.69. The SMILES string of the molecule is Cc1cc([C@H]2[C@H](c3ccccn3)NC(=S)N2CCC(=O)Nc2ccccc2F)c(C)n1-c1ccc(Cl)cc1Cl. The summed E-state index contributed by atoms with van der Waals surface area (Å²) in [6.07, 6.45) is 1.86. The number of benzene rings is 2. The third-order valence-corrected chi connectivity index (χ3v) is 7.76. The van der Waals surface area contributed by atoms with E-state index in [1.807, 2.05) is 49.1 Å². The number of halogens is 3. The minimum Gasteiger partial charge on any atom is -0.352 e. The van der Waals surface area contributed by atoms with Crippen LogP contribution in [0.4, 0.5) is 10.1 Å². The number of para-hydroxylation sites is 1. The number of hydrogen-bond donors (Lipinski definition) is 2. The van der Waals surface area contributed by atoms with Crippen LogP contribution in [0.25, 0.3) is 5.69 Å². The van der Waals surface area contributed by atoms with Crippen LogP contribution in [0, 0.1) is 19.7 Å². The fourth-order valence-corrected chi connectivity index (χ4v) is 5.93.